The average molecular weight is 238 g/mol. The summed E-state index contributed by atoms with van der Waals surface area (Å²) in [5.74, 6) is 0. The van der Waals surface area contributed by atoms with E-state index in [1.54, 1.807) is 0 Å². The van der Waals surface area contributed by atoms with Gasteiger partial charge in [0, 0.05) is 41.3 Å². The molecule has 0 aliphatic heterocycles. The third-order valence-electron chi connectivity index (χ3n) is 0.116. The molecular formula is C2F3OPr. The standard InChI is InChI=1S/C2F3O.Pr/c3-2(4,5)1-6;. The molecule has 0 aliphatic rings. The van der Waals surface area contributed by atoms with Gasteiger partial charge in [-0.2, -0.15) is 13.2 Å². The Labute approximate surface area is 71.2 Å². The third kappa shape index (κ3) is 10.9. The molecule has 0 fully saturated rings. The molecular weight excluding hydrogens is 238 g/mol. The quantitative estimate of drug-likeness (QED) is 0.605. The molecule has 0 bridgehead atoms. The number of rotatable bonds is 0. The van der Waals surface area contributed by atoms with Crippen LogP contribution in [-0.4, -0.2) is 12.5 Å². The summed E-state index contributed by atoms with van der Waals surface area (Å²) in [6.07, 6.45) is -4.91. The minimum Gasteiger partial charge on any atom is -0.280 e. The van der Waals surface area contributed by atoms with E-state index in [-0.39, 0.29) is 47.6 Å². The van der Waals surface area contributed by atoms with E-state index in [4.69, 9.17) is 4.79 Å². The SMILES string of the molecule is O=[C]C(F)(F)F.[Pr]. The van der Waals surface area contributed by atoms with Gasteiger partial charge in [0.25, 0.3) is 0 Å². The molecule has 2 radical (unpaired) electrons. The van der Waals surface area contributed by atoms with Crippen LogP contribution in [0.3, 0.4) is 0 Å². The Hall–Kier alpha value is 0.824. The van der Waals surface area contributed by atoms with Gasteiger partial charge in [-0.3, -0.25) is 4.79 Å². The molecule has 1 nitrogen and oxygen atoms in total. The van der Waals surface area contributed by atoms with E-state index in [1.807, 2.05) is 0 Å². The monoisotopic (exact) mass is 238 g/mol. The van der Waals surface area contributed by atoms with Gasteiger partial charge in [-0.1, -0.05) is 0 Å². The Morgan fingerprint density at radius 3 is 1.43 bits per heavy atom. The zero-order valence-corrected chi connectivity index (χ0v) is 6.82. The van der Waals surface area contributed by atoms with Gasteiger partial charge in [-0.25, -0.2) is 0 Å². The molecule has 0 aromatic carbocycles. The fourth-order valence-electron chi connectivity index (χ4n) is 0. The molecule has 0 aromatic heterocycles. The molecule has 7 heavy (non-hydrogen) atoms. The van der Waals surface area contributed by atoms with Crippen LogP contribution >= 0.6 is 0 Å². The molecule has 0 amide bonds. The molecule has 5 heteroatoms. The molecule has 0 saturated carbocycles. The average Bonchev–Trinajstić information content (AvgIpc) is 1.35. The summed E-state index contributed by atoms with van der Waals surface area (Å²) < 4.78 is 31.1. The van der Waals surface area contributed by atoms with Crippen LogP contribution in [-0.2, 0) is 4.79 Å². The van der Waals surface area contributed by atoms with Crippen LogP contribution in [0.5, 0.6) is 0 Å². The zero-order valence-electron chi connectivity index (χ0n) is 3.12. The van der Waals surface area contributed by atoms with Crippen LogP contribution < -0.4 is 0 Å². The molecule has 0 spiro atoms. The summed E-state index contributed by atoms with van der Waals surface area (Å²) >= 11 is 0. The van der Waals surface area contributed by atoms with Gasteiger partial charge in [0.1, 0.15) is 0 Å². The summed E-state index contributed by atoms with van der Waals surface area (Å²) in [6, 6.07) is 0. The normalized spacial score (nSPS) is 9.57. The number of hydrogen-bond acceptors (Lipinski definition) is 1. The van der Waals surface area contributed by atoms with Crippen molar-refractivity contribution in [1.29, 1.82) is 0 Å². The van der Waals surface area contributed by atoms with E-state index in [0.717, 1.165) is 0 Å². The van der Waals surface area contributed by atoms with E-state index >= 15 is 0 Å². The predicted octanol–water partition coefficient (Wildman–Crippen LogP) is 0.658. The van der Waals surface area contributed by atoms with Crippen molar-refractivity contribution in [2.75, 3.05) is 0 Å². The van der Waals surface area contributed by atoms with Crippen molar-refractivity contribution in [2.45, 2.75) is 6.18 Å². The Bertz CT molecular complexity index is 58.4. The molecule has 0 unspecified atom stereocenters. The van der Waals surface area contributed by atoms with Crippen LogP contribution in [0, 0.1) is 41.3 Å². The van der Waals surface area contributed by atoms with Crippen molar-refractivity contribution in [1.82, 2.24) is 0 Å². The molecule has 0 atom stereocenters. The molecule has 38 valence electrons. The number of carbonyl (C=O) groups excluding carboxylic acids is 1. The predicted molar refractivity (Wildman–Crippen MR) is 11.7 cm³/mol. The Kier molecular flexibility index (Phi) is 5.80. The molecule has 0 heterocycles. The van der Waals surface area contributed by atoms with Crippen molar-refractivity contribution in [3.63, 3.8) is 0 Å². The maximum absolute atomic E-state index is 10.4. The van der Waals surface area contributed by atoms with Crippen molar-refractivity contribution >= 4 is 6.29 Å². The molecule has 0 aliphatic carbocycles. The van der Waals surface area contributed by atoms with Crippen LogP contribution in [0.25, 0.3) is 0 Å². The number of hydrogen-bond donors (Lipinski definition) is 0. The van der Waals surface area contributed by atoms with E-state index in [1.165, 1.54) is 0 Å². The summed E-state index contributed by atoms with van der Waals surface area (Å²) in [4.78, 5) is 8.58. The Balaban J connectivity index is 0. The summed E-state index contributed by atoms with van der Waals surface area (Å²) in [5.41, 5.74) is 0. The topological polar surface area (TPSA) is 17.1 Å². The van der Waals surface area contributed by atoms with Crippen molar-refractivity contribution in [2.24, 2.45) is 0 Å². The van der Waals surface area contributed by atoms with Crippen molar-refractivity contribution < 1.29 is 59.3 Å². The largest absolute Gasteiger partial charge is 0.458 e. The first kappa shape index (κ1) is 10.7. The fraction of sp³-hybridized carbons (Fsp3) is 0.500. The summed E-state index contributed by atoms with van der Waals surface area (Å²) in [5, 5.41) is 0. The smallest absolute Gasteiger partial charge is 0.280 e. The minimum atomic E-state index is -4.76. The zero-order chi connectivity index (χ0) is 5.21. The van der Waals surface area contributed by atoms with Gasteiger partial charge in [0.05, 0.1) is 0 Å². The second kappa shape index (κ2) is 3.78. The molecule has 0 N–H and O–H groups in total. The summed E-state index contributed by atoms with van der Waals surface area (Å²) in [6.45, 7) is 0. The molecule has 0 aromatic rings. The first-order chi connectivity index (χ1) is 2.56. The number of halogens is 3. The second-order valence-electron chi connectivity index (χ2n) is 0.600. The van der Waals surface area contributed by atoms with Gasteiger partial charge < -0.3 is 0 Å². The first-order valence-corrected chi connectivity index (χ1v) is 1.02. The van der Waals surface area contributed by atoms with Gasteiger partial charge in [0.2, 0.25) is 0 Å². The van der Waals surface area contributed by atoms with Crippen molar-refractivity contribution in [3.8, 4) is 0 Å². The Morgan fingerprint density at radius 1 is 1.29 bits per heavy atom. The minimum absolute atomic E-state index is 0. The van der Waals surface area contributed by atoms with Gasteiger partial charge >= 0.3 is 12.5 Å². The maximum Gasteiger partial charge on any atom is 0.458 e. The van der Waals surface area contributed by atoms with Crippen LogP contribution in [0.15, 0.2) is 0 Å². The van der Waals surface area contributed by atoms with Crippen LogP contribution in [0.1, 0.15) is 0 Å². The van der Waals surface area contributed by atoms with Gasteiger partial charge in [0.15, 0.2) is 0 Å². The Morgan fingerprint density at radius 2 is 1.43 bits per heavy atom. The van der Waals surface area contributed by atoms with E-state index in [2.05, 4.69) is 0 Å². The second-order valence-corrected chi connectivity index (χ2v) is 0.600. The van der Waals surface area contributed by atoms with E-state index in [0.29, 0.717) is 0 Å². The van der Waals surface area contributed by atoms with Crippen molar-refractivity contribution in [3.05, 3.63) is 0 Å². The molecule has 0 saturated heterocycles. The fourth-order valence-corrected chi connectivity index (χ4v) is 0. The number of alkyl halides is 3. The maximum atomic E-state index is 10.4. The summed E-state index contributed by atoms with van der Waals surface area (Å²) in [7, 11) is 0. The first-order valence-electron chi connectivity index (χ1n) is 1.02. The van der Waals surface area contributed by atoms with Gasteiger partial charge in [-0.05, 0) is 0 Å². The molecule has 0 rings (SSSR count). The third-order valence-corrected chi connectivity index (χ3v) is 0.116. The van der Waals surface area contributed by atoms with Crippen LogP contribution in [0.2, 0.25) is 0 Å². The van der Waals surface area contributed by atoms with E-state index < -0.39 is 6.18 Å². The van der Waals surface area contributed by atoms with E-state index in [9.17, 15) is 13.2 Å². The van der Waals surface area contributed by atoms with Gasteiger partial charge in [-0.15, -0.1) is 0 Å². The van der Waals surface area contributed by atoms with Crippen LogP contribution in [0.4, 0.5) is 13.2 Å².